The van der Waals surface area contributed by atoms with Gasteiger partial charge >= 0.3 is 0 Å². The topological polar surface area (TPSA) is 18.5 Å². The molecule has 0 amide bonds. The molecule has 134 valence electrons. The van der Waals surface area contributed by atoms with Gasteiger partial charge in [0.1, 0.15) is 0 Å². The van der Waals surface area contributed by atoms with E-state index in [2.05, 4.69) is 80.9 Å². The van der Waals surface area contributed by atoms with Gasteiger partial charge in [-0.1, -0.05) is 54.7 Å². The zero-order chi connectivity index (χ0) is 18.4. The van der Waals surface area contributed by atoms with Gasteiger partial charge in [0, 0.05) is 6.42 Å². The van der Waals surface area contributed by atoms with Crippen LogP contribution >= 0.6 is 0 Å². The molecule has 0 saturated heterocycles. The fourth-order valence-corrected chi connectivity index (χ4v) is 4.80. The molecule has 0 spiro atoms. The van der Waals surface area contributed by atoms with E-state index in [4.69, 9.17) is 8.85 Å². The molecule has 0 radical (unpaired) electrons. The van der Waals surface area contributed by atoms with E-state index in [9.17, 15) is 0 Å². The van der Waals surface area contributed by atoms with Gasteiger partial charge in [0.05, 0.1) is 12.2 Å². The normalized spacial score (nSPS) is 24.4. The summed E-state index contributed by atoms with van der Waals surface area (Å²) in [6, 6.07) is 0. The highest BCUT2D eigenvalue weighted by atomic mass is 28.4. The molecule has 1 saturated carbocycles. The summed E-state index contributed by atoms with van der Waals surface area (Å²) >= 11 is 0. The van der Waals surface area contributed by atoms with Crippen LogP contribution in [0.25, 0.3) is 0 Å². The highest BCUT2D eigenvalue weighted by Gasteiger charge is 2.46. The lowest BCUT2D eigenvalue weighted by Crippen LogP contribution is -2.45. The molecule has 0 N–H and O–H groups in total. The van der Waals surface area contributed by atoms with Crippen LogP contribution in [0.4, 0.5) is 0 Å². The highest BCUT2D eigenvalue weighted by molar-refractivity contribution is 6.74. The van der Waals surface area contributed by atoms with Crippen molar-refractivity contribution in [3.8, 4) is 0 Å². The maximum absolute atomic E-state index is 6.59. The van der Waals surface area contributed by atoms with Crippen molar-refractivity contribution in [2.45, 2.75) is 96.4 Å². The van der Waals surface area contributed by atoms with Crippen LogP contribution in [0, 0.1) is 0 Å². The highest BCUT2D eigenvalue weighted by Crippen LogP contribution is 2.44. The lowest BCUT2D eigenvalue weighted by molar-refractivity contribution is 0.161. The van der Waals surface area contributed by atoms with Crippen LogP contribution < -0.4 is 0 Å². The third kappa shape index (κ3) is 4.47. The quantitative estimate of drug-likeness (QED) is 0.553. The van der Waals surface area contributed by atoms with Gasteiger partial charge in [-0.25, -0.2) is 0 Å². The number of hydrogen-bond acceptors (Lipinski definition) is 2. The van der Waals surface area contributed by atoms with E-state index < -0.39 is 16.6 Å². The van der Waals surface area contributed by atoms with E-state index in [1.165, 1.54) is 0 Å². The first-order chi connectivity index (χ1) is 9.99. The van der Waals surface area contributed by atoms with Crippen molar-refractivity contribution in [3.63, 3.8) is 0 Å². The SMILES string of the molecule is C=C1C(=C)[C@H](O[Si](C)(C)C(C)(C)C)C[C@@H]1O[Si](C)(C)C(C)(C)C. The Labute approximate surface area is 146 Å². The van der Waals surface area contributed by atoms with E-state index in [1.54, 1.807) is 0 Å². The zero-order valence-corrected chi connectivity index (χ0v) is 19.1. The molecular weight excluding hydrogens is 316 g/mol. The molecule has 23 heavy (non-hydrogen) atoms. The van der Waals surface area contributed by atoms with Crippen molar-refractivity contribution in [3.05, 3.63) is 24.3 Å². The van der Waals surface area contributed by atoms with Gasteiger partial charge in [-0.3, -0.25) is 0 Å². The first-order valence-electron chi connectivity index (χ1n) is 8.73. The van der Waals surface area contributed by atoms with Crippen molar-refractivity contribution in [1.82, 2.24) is 0 Å². The van der Waals surface area contributed by atoms with Gasteiger partial charge in [-0.05, 0) is 47.4 Å². The Hall–Kier alpha value is -0.166. The standard InChI is InChI=1S/C19H38O2Si2/c1-14-15(2)17(21-23(11,12)19(6,7)8)13-16(14)20-22(9,10)18(3,4)5/h16-17H,1-2,13H2,3-12H3/t16-,17+. The Morgan fingerprint density at radius 3 is 1.22 bits per heavy atom. The molecule has 2 atom stereocenters. The Balaban J connectivity index is 2.88. The molecular formula is C19H38O2Si2. The Kier molecular flexibility index (Phi) is 5.70. The minimum atomic E-state index is -1.81. The molecule has 0 bridgehead atoms. The summed E-state index contributed by atoms with van der Waals surface area (Å²) < 4.78 is 13.2. The fourth-order valence-electron chi connectivity index (χ4n) is 2.20. The van der Waals surface area contributed by atoms with E-state index in [-0.39, 0.29) is 22.3 Å². The monoisotopic (exact) mass is 354 g/mol. The minimum Gasteiger partial charge on any atom is -0.410 e. The van der Waals surface area contributed by atoms with Crippen LogP contribution in [0.3, 0.4) is 0 Å². The molecule has 1 aliphatic rings. The predicted molar refractivity (Wildman–Crippen MR) is 107 cm³/mol. The molecule has 0 aliphatic heterocycles. The van der Waals surface area contributed by atoms with Gasteiger partial charge < -0.3 is 8.85 Å². The summed E-state index contributed by atoms with van der Waals surface area (Å²) in [6.45, 7) is 31.3. The summed E-state index contributed by atoms with van der Waals surface area (Å²) in [7, 11) is -3.62. The fraction of sp³-hybridized carbons (Fsp3) is 0.789. The van der Waals surface area contributed by atoms with Crippen LogP contribution in [0.2, 0.25) is 36.3 Å². The van der Waals surface area contributed by atoms with Crippen molar-refractivity contribution in [2.75, 3.05) is 0 Å². The zero-order valence-electron chi connectivity index (χ0n) is 17.1. The van der Waals surface area contributed by atoms with Crippen LogP contribution in [-0.2, 0) is 8.85 Å². The molecule has 0 heterocycles. The van der Waals surface area contributed by atoms with Crippen molar-refractivity contribution in [1.29, 1.82) is 0 Å². The van der Waals surface area contributed by atoms with Gasteiger partial charge in [-0.2, -0.15) is 0 Å². The summed E-state index contributed by atoms with van der Waals surface area (Å²) in [4.78, 5) is 0. The van der Waals surface area contributed by atoms with Gasteiger partial charge in [0.25, 0.3) is 0 Å². The average molecular weight is 355 g/mol. The van der Waals surface area contributed by atoms with Crippen LogP contribution in [-0.4, -0.2) is 28.8 Å². The molecule has 0 aromatic heterocycles. The first kappa shape index (κ1) is 20.9. The van der Waals surface area contributed by atoms with Crippen molar-refractivity contribution in [2.24, 2.45) is 0 Å². The maximum Gasteiger partial charge on any atom is 0.192 e. The molecule has 0 aromatic rings. The average Bonchev–Trinajstić information content (AvgIpc) is 2.53. The van der Waals surface area contributed by atoms with E-state index >= 15 is 0 Å². The second-order valence-electron chi connectivity index (χ2n) is 10.0. The third-order valence-electron chi connectivity index (χ3n) is 6.10. The third-order valence-corrected chi connectivity index (χ3v) is 15.1. The summed E-state index contributed by atoms with van der Waals surface area (Å²) in [5, 5.41) is 0.403. The number of hydrogen-bond donors (Lipinski definition) is 0. The predicted octanol–water partition coefficient (Wildman–Crippen LogP) is 6.28. The molecule has 0 aromatic carbocycles. The molecule has 1 aliphatic carbocycles. The minimum absolute atomic E-state index is 0.0677. The number of rotatable bonds is 4. The lowest BCUT2D eigenvalue weighted by atomic mass is 10.2. The summed E-state index contributed by atoms with van der Waals surface area (Å²) in [5.74, 6) is 0. The summed E-state index contributed by atoms with van der Waals surface area (Å²) in [6.07, 6.45) is 1.01. The van der Waals surface area contributed by atoms with E-state index in [1.807, 2.05) is 0 Å². The van der Waals surface area contributed by atoms with Crippen LogP contribution in [0.1, 0.15) is 48.0 Å². The van der Waals surface area contributed by atoms with Crippen LogP contribution in [0.15, 0.2) is 24.3 Å². The van der Waals surface area contributed by atoms with Crippen LogP contribution in [0.5, 0.6) is 0 Å². The van der Waals surface area contributed by atoms with Crippen molar-refractivity contribution < 1.29 is 8.85 Å². The largest absolute Gasteiger partial charge is 0.410 e. The molecule has 1 fully saturated rings. The van der Waals surface area contributed by atoms with Gasteiger partial charge in [0.15, 0.2) is 16.6 Å². The Bertz CT molecular complexity index is 435. The lowest BCUT2D eigenvalue weighted by Gasteiger charge is -2.39. The van der Waals surface area contributed by atoms with E-state index in [0.717, 1.165) is 17.6 Å². The second-order valence-corrected chi connectivity index (χ2v) is 19.5. The second kappa shape index (κ2) is 6.28. The maximum atomic E-state index is 6.59. The molecule has 4 heteroatoms. The van der Waals surface area contributed by atoms with Crippen molar-refractivity contribution >= 4 is 16.6 Å². The molecule has 1 rings (SSSR count). The summed E-state index contributed by atoms with van der Waals surface area (Å²) in [5.41, 5.74) is 2.08. The van der Waals surface area contributed by atoms with Gasteiger partial charge in [0.2, 0.25) is 0 Å². The van der Waals surface area contributed by atoms with Gasteiger partial charge in [-0.15, -0.1) is 0 Å². The Morgan fingerprint density at radius 2 is 1.00 bits per heavy atom. The smallest absolute Gasteiger partial charge is 0.192 e. The first-order valence-corrected chi connectivity index (χ1v) is 14.5. The molecule has 2 nitrogen and oxygen atoms in total. The Morgan fingerprint density at radius 1 is 0.739 bits per heavy atom. The van der Waals surface area contributed by atoms with E-state index in [0.29, 0.717) is 0 Å². The molecule has 0 unspecified atom stereocenters.